The highest BCUT2D eigenvalue weighted by atomic mass is 35.5. The largest absolute Gasteiger partial charge is 0.493 e. The Balaban J connectivity index is 2.73. The van der Waals surface area contributed by atoms with Crippen molar-refractivity contribution in [3.05, 3.63) is 34.6 Å². The molecule has 4 heteroatoms. The Hall–Kier alpha value is -0.990. The Morgan fingerprint density at radius 3 is 2.80 bits per heavy atom. The summed E-state index contributed by atoms with van der Waals surface area (Å²) >= 11 is 11.8. The zero-order chi connectivity index (χ0) is 10.8. The van der Waals surface area contributed by atoms with Crippen LogP contribution < -0.4 is 4.74 Å². The number of aromatic nitrogens is 1. The van der Waals surface area contributed by atoms with E-state index in [1.165, 1.54) is 0 Å². The lowest BCUT2D eigenvalue weighted by Crippen LogP contribution is -1.93. The van der Waals surface area contributed by atoms with Crippen LogP contribution in [0.1, 0.15) is 6.92 Å². The number of halogens is 2. The lowest BCUT2D eigenvalue weighted by molar-refractivity contribution is 0.344. The molecule has 2 aromatic rings. The SMILES string of the molecule is CCOc1cccc2c(Cl)nc(Cl)cc12. The van der Waals surface area contributed by atoms with Crippen molar-refractivity contribution in [3.8, 4) is 5.75 Å². The summed E-state index contributed by atoms with van der Waals surface area (Å²) in [5, 5.41) is 2.52. The van der Waals surface area contributed by atoms with Gasteiger partial charge in [0.2, 0.25) is 0 Å². The summed E-state index contributed by atoms with van der Waals surface area (Å²) in [6.07, 6.45) is 0. The van der Waals surface area contributed by atoms with Gasteiger partial charge in [-0.15, -0.1) is 0 Å². The summed E-state index contributed by atoms with van der Waals surface area (Å²) < 4.78 is 5.48. The van der Waals surface area contributed by atoms with Crippen LogP contribution in [0.5, 0.6) is 5.75 Å². The number of fused-ring (bicyclic) bond motifs is 1. The second kappa shape index (κ2) is 4.25. The molecule has 0 spiro atoms. The number of nitrogens with zero attached hydrogens (tertiary/aromatic N) is 1. The summed E-state index contributed by atoms with van der Waals surface area (Å²) in [7, 11) is 0. The summed E-state index contributed by atoms with van der Waals surface area (Å²) in [5.74, 6) is 0.779. The monoisotopic (exact) mass is 241 g/mol. The smallest absolute Gasteiger partial charge is 0.138 e. The van der Waals surface area contributed by atoms with Gasteiger partial charge in [0.05, 0.1) is 6.61 Å². The maximum atomic E-state index is 5.98. The Labute approximate surface area is 97.8 Å². The number of benzene rings is 1. The van der Waals surface area contributed by atoms with Crippen LogP contribution in [-0.2, 0) is 0 Å². The molecule has 0 N–H and O–H groups in total. The Kier molecular flexibility index (Phi) is 2.98. The van der Waals surface area contributed by atoms with Crippen LogP contribution in [0.25, 0.3) is 10.8 Å². The molecule has 1 aromatic heterocycles. The van der Waals surface area contributed by atoms with E-state index < -0.39 is 0 Å². The minimum absolute atomic E-state index is 0.375. The minimum atomic E-state index is 0.375. The molecule has 2 rings (SSSR count). The average Bonchev–Trinajstić information content (AvgIpc) is 2.19. The number of rotatable bonds is 2. The normalized spacial score (nSPS) is 10.6. The Bertz CT molecular complexity index is 499. The molecule has 0 aliphatic heterocycles. The molecule has 0 amide bonds. The lowest BCUT2D eigenvalue weighted by Gasteiger charge is -2.08. The van der Waals surface area contributed by atoms with Crippen LogP contribution in [0.15, 0.2) is 24.3 Å². The first-order chi connectivity index (χ1) is 7.22. The zero-order valence-electron chi connectivity index (χ0n) is 8.13. The van der Waals surface area contributed by atoms with E-state index in [0.29, 0.717) is 16.9 Å². The van der Waals surface area contributed by atoms with Crippen LogP contribution in [0.2, 0.25) is 10.3 Å². The number of pyridine rings is 1. The first-order valence-corrected chi connectivity index (χ1v) is 5.35. The minimum Gasteiger partial charge on any atom is -0.493 e. The first-order valence-electron chi connectivity index (χ1n) is 4.60. The molecule has 0 radical (unpaired) electrons. The third-order valence-electron chi connectivity index (χ3n) is 2.06. The fourth-order valence-electron chi connectivity index (χ4n) is 1.46. The molecule has 0 atom stereocenters. The molecule has 2 nitrogen and oxygen atoms in total. The molecular formula is C11H9Cl2NO. The number of hydrogen-bond acceptors (Lipinski definition) is 2. The molecule has 78 valence electrons. The molecular weight excluding hydrogens is 233 g/mol. The van der Waals surface area contributed by atoms with Gasteiger partial charge in [-0.05, 0) is 19.1 Å². The van der Waals surface area contributed by atoms with E-state index in [1.807, 2.05) is 25.1 Å². The van der Waals surface area contributed by atoms with Gasteiger partial charge in [-0.25, -0.2) is 4.98 Å². The third kappa shape index (κ3) is 2.01. The van der Waals surface area contributed by atoms with Crippen molar-refractivity contribution < 1.29 is 4.74 Å². The second-order valence-corrected chi connectivity index (χ2v) is 3.77. The molecule has 0 saturated heterocycles. The molecule has 0 unspecified atom stereocenters. The highest BCUT2D eigenvalue weighted by Gasteiger charge is 2.07. The quantitative estimate of drug-likeness (QED) is 0.744. The van der Waals surface area contributed by atoms with Crippen LogP contribution in [0, 0.1) is 0 Å². The van der Waals surface area contributed by atoms with Crippen molar-refractivity contribution in [2.24, 2.45) is 0 Å². The topological polar surface area (TPSA) is 22.1 Å². The van der Waals surface area contributed by atoms with Crippen molar-refractivity contribution in [2.45, 2.75) is 6.92 Å². The highest BCUT2D eigenvalue weighted by molar-refractivity contribution is 6.36. The van der Waals surface area contributed by atoms with Gasteiger partial charge in [-0.1, -0.05) is 35.3 Å². The van der Waals surface area contributed by atoms with Crippen LogP contribution in [0.4, 0.5) is 0 Å². The summed E-state index contributed by atoms with van der Waals surface area (Å²) in [5.41, 5.74) is 0. The van der Waals surface area contributed by atoms with Gasteiger partial charge >= 0.3 is 0 Å². The molecule has 0 aliphatic rings. The van der Waals surface area contributed by atoms with Gasteiger partial charge in [0.15, 0.2) is 0 Å². The summed E-state index contributed by atoms with van der Waals surface area (Å²) in [6.45, 7) is 2.54. The lowest BCUT2D eigenvalue weighted by atomic mass is 10.1. The van der Waals surface area contributed by atoms with E-state index in [-0.39, 0.29) is 0 Å². The van der Waals surface area contributed by atoms with E-state index in [2.05, 4.69) is 4.98 Å². The molecule has 0 aliphatic carbocycles. The first kappa shape index (κ1) is 10.5. The van der Waals surface area contributed by atoms with Crippen LogP contribution >= 0.6 is 23.2 Å². The molecule has 1 heterocycles. The standard InChI is InChI=1S/C11H9Cl2NO/c1-2-15-9-5-3-4-7-8(9)6-10(12)14-11(7)13/h3-6H,2H2,1H3. The highest BCUT2D eigenvalue weighted by Crippen LogP contribution is 2.31. The van der Waals surface area contributed by atoms with Crippen molar-refractivity contribution in [1.82, 2.24) is 4.98 Å². The Morgan fingerprint density at radius 1 is 1.27 bits per heavy atom. The fourth-order valence-corrected chi connectivity index (χ4v) is 1.95. The van der Waals surface area contributed by atoms with Crippen molar-refractivity contribution >= 4 is 34.0 Å². The van der Waals surface area contributed by atoms with Crippen molar-refractivity contribution in [1.29, 1.82) is 0 Å². The molecule has 15 heavy (non-hydrogen) atoms. The Morgan fingerprint density at radius 2 is 2.07 bits per heavy atom. The number of hydrogen-bond donors (Lipinski definition) is 0. The van der Waals surface area contributed by atoms with Crippen molar-refractivity contribution in [2.75, 3.05) is 6.61 Å². The second-order valence-electron chi connectivity index (χ2n) is 3.02. The maximum absolute atomic E-state index is 5.98. The maximum Gasteiger partial charge on any atom is 0.138 e. The van der Waals surface area contributed by atoms with E-state index in [9.17, 15) is 0 Å². The van der Waals surface area contributed by atoms with Gasteiger partial charge in [0, 0.05) is 10.8 Å². The van der Waals surface area contributed by atoms with Gasteiger partial charge in [-0.2, -0.15) is 0 Å². The van der Waals surface area contributed by atoms with Crippen molar-refractivity contribution in [3.63, 3.8) is 0 Å². The summed E-state index contributed by atoms with van der Waals surface area (Å²) in [4.78, 5) is 3.98. The van der Waals surface area contributed by atoms with E-state index in [0.717, 1.165) is 16.5 Å². The molecule has 0 bridgehead atoms. The van der Waals surface area contributed by atoms with Crippen LogP contribution in [-0.4, -0.2) is 11.6 Å². The molecule has 0 fully saturated rings. The van der Waals surface area contributed by atoms with Gasteiger partial charge in [-0.3, -0.25) is 0 Å². The zero-order valence-corrected chi connectivity index (χ0v) is 9.64. The number of ether oxygens (including phenoxy) is 1. The van der Waals surface area contributed by atoms with Crippen LogP contribution in [0.3, 0.4) is 0 Å². The van der Waals surface area contributed by atoms with Gasteiger partial charge in [0.1, 0.15) is 16.1 Å². The summed E-state index contributed by atoms with van der Waals surface area (Å²) in [6, 6.07) is 7.42. The molecule has 0 saturated carbocycles. The predicted molar refractivity (Wildman–Crippen MR) is 62.9 cm³/mol. The van der Waals surface area contributed by atoms with E-state index in [4.69, 9.17) is 27.9 Å². The van der Waals surface area contributed by atoms with E-state index >= 15 is 0 Å². The van der Waals surface area contributed by atoms with Gasteiger partial charge < -0.3 is 4.74 Å². The average molecular weight is 242 g/mol. The predicted octanol–water partition coefficient (Wildman–Crippen LogP) is 3.94. The molecule has 1 aromatic carbocycles. The fraction of sp³-hybridized carbons (Fsp3) is 0.182. The van der Waals surface area contributed by atoms with E-state index in [1.54, 1.807) is 6.07 Å². The third-order valence-corrected chi connectivity index (χ3v) is 2.54. The van der Waals surface area contributed by atoms with Gasteiger partial charge in [0.25, 0.3) is 0 Å².